The molecule has 0 unspecified atom stereocenters. The summed E-state index contributed by atoms with van der Waals surface area (Å²) in [7, 11) is 0. The van der Waals surface area contributed by atoms with Crippen molar-refractivity contribution >= 4 is 12.0 Å². The maximum absolute atomic E-state index is 14.1. The standard InChI is InChI=1S/C24H27FN2O3/c1-3-26(4-2)23(28)22-13-16(25)14-27(22)24(29)30-15-21-19-11-7-5-9-17(19)18-10-6-8-12-20(18)21/h5-12,16,21-22H,3-4,13-15H2,1-2H3/t16-,22-/m0/s1. The van der Waals surface area contributed by atoms with Crippen molar-refractivity contribution in [2.75, 3.05) is 26.2 Å². The SMILES string of the molecule is CCN(CC)C(=O)[C@@H]1C[C@H](F)CN1C(=O)OCC1c2ccccc2-c2ccccc21. The highest BCUT2D eigenvalue weighted by atomic mass is 19.1. The molecule has 0 bridgehead atoms. The summed E-state index contributed by atoms with van der Waals surface area (Å²) in [5, 5.41) is 0. The average Bonchev–Trinajstić information content (AvgIpc) is 3.31. The number of fused-ring (bicyclic) bond motifs is 3. The second kappa shape index (κ2) is 8.46. The minimum Gasteiger partial charge on any atom is -0.448 e. The van der Waals surface area contributed by atoms with Crippen LogP contribution in [0.4, 0.5) is 9.18 Å². The molecule has 1 aliphatic carbocycles. The van der Waals surface area contributed by atoms with Crippen molar-refractivity contribution in [1.29, 1.82) is 0 Å². The van der Waals surface area contributed by atoms with Crippen LogP contribution in [-0.2, 0) is 9.53 Å². The lowest BCUT2D eigenvalue weighted by Gasteiger charge is -2.28. The molecule has 0 aromatic heterocycles. The monoisotopic (exact) mass is 410 g/mol. The Hall–Kier alpha value is -2.89. The average molecular weight is 410 g/mol. The van der Waals surface area contributed by atoms with Gasteiger partial charge in [0.15, 0.2) is 0 Å². The first-order valence-corrected chi connectivity index (χ1v) is 10.6. The molecule has 4 rings (SSSR count). The second-order valence-corrected chi connectivity index (χ2v) is 7.82. The van der Waals surface area contributed by atoms with Crippen LogP contribution in [0.2, 0.25) is 0 Å². The minimum absolute atomic E-state index is 0.0273. The van der Waals surface area contributed by atoms with E-state index in [-0.39, 0.29) is 31.4 Å². The van der Waals surface area contributed by atoms with Crippen LogP contribution in [0.1, 0.15) is 37.3 Å². The molecule has 5 nitrogen and oxygen atoms in total. The van der Waals surface area contributed by atoms with E-state index in [4.69, 9.17) is 4.74 Å². The lowest BCUT2D eigenvalue weighted by molar-refractivity contribution is -0.135. The van der Waals surface area contributed by atoms with E-state index in [9.17, 15) is 14.0 Å². The predicted octanol–water partition coefficient (Wildman–Crippen LogP) is 4.22. The van der Waals surface area contributed by atoms with Crippen molar-refractivity contribution in [3.63, 3.8) is 0 Å². The number of hydrogen-bond acceptors (Lipinski definition) is 3. The third-order valence-corrected chi connectivity index (χ3v) is 6.18. The van der Waals surface area contributed by atoms with Gasteiger partial charge in [-0.05, 0) is 36.1 Å². The molecular weight excluding hydrogens is 383 g/mol. The molecule has 2 aromatic carbocycles. The van der Waals surface area contributed by atoms with Gasteiger partial charge in [-0.25, -0.2) is 9.18 Å². The van der Waals surface area contributed by atoms with Gasteiger partial charge >= 0.3 is 6.09 Å². The maximum atomic E-state index is 14.1. The summed E-state index contributed by atoms with van der Waals surface area (Å²) in [4.78, 5) is 28.5. The summed E-state index contributed by atoms with van der Waals surface area (Å²) < 4.78 is 19.8. The highest BCUT2D eigenvalue weighted by molar-refractivity contribution is 5.86. The molecule has 2 atom stereocenters. The van der Waals surface area contributed by atoms with E-state index in [0.717, 1.165) is 22.3 Å². The number of alkyl halides is 1. The molecule has 0 radical (unpaired) electrons. The van der Waals surface area contributed by atoms with Gasteiger partial charge in [-0.15, -0.1) is 0 Å². The number of likely N-dealkylation sites (N-methyl/N-ethyl adjacent to an activating group) is 1. The molecule has 0 N–H and O–H groups in total. The van der Waals surface area contributed by atoms with E-state index in [0.29, 0.717) is 13.1 Å². The number of benzene rings is 2. The van der Waals surface area contributed by atoms with Crippen molar-refractivity contribution in [2.24, 2.45) is 0 Å². The third kappa shape index (κ3) is 3.55. The van der Waals surface area contributed by atoms with Crippen molar-refractivity contribution in [1.82, 2.24) is 9.80 Å². The zero-order valence-electron chi connectivity index (χ0n) is 17.4. The quantitative estimate of drug-likeness (QED) is 0.742. The Kier molecular flexibility index (Phi) is 5.75. The summed E-state index contributed by atoms with van der Waals surface area (Å²) in [6.07, 6.45) is -1.81. The fraction of sp³-hybridized carbons (Fsp3) is 0.417. The van der Waals surface area contributed by atoms with Crippen molar-refractivity contribution in [2.45, 2.75) is 38.4 Å². The molecule has 158 valence electrons. The highest BCUT2D eigenvalue weighted by Gasteiger charge is 2.42. The predicted molar refractivity (Wildman–Crippen MR) is 113 cm³/mol. The summed E-state index contributed by atoms with van der Waals surface area (Å²) in [6, 6.07) is 15.4. The molecule has 1 heterocycles. The first-order chi connectivity index (χ1) is 14.5. The van der Waals surface area contributed by atoms with Crippen LogP contribution in [0.25, 0.3) is 11.1 Å². The van der Waals surface area contributed by atoms with E-state index in [1.807, 2.05) is 50.2 Å². The van der Waals surface area contributed by atoms with Crippen LogP contribution in [0.15, 0.2) is 48.5 Å². The molecule has 1 fully saturated rings. The number of rotatable bonds is 5. The molecule has 1 saturated heterocycles. The number of carbonyl (C=O) groups is 2. The Labute approximate surface area is 176 Å². The van der Waals surface area contributed by atoms with Crippen molar-refractivity contribution in [3.05, 3.63) is 59.7 Å². The van der Waals surface area contributed by atoms with E-state index in [1.165, 1.54) is 4.90 Å². The molecule has 2 aromatic rings. The molecule has 6 heteroatoms. The van der Waals surface area contributed by atoms with Gasteiger partial charge in [0, 0.05) is 25.4 Å². The molecule has 30 heavy (non-hydrogen) atoms. The fourth-order valence-corrected chi connectivity index (χ4v) is 4.64. The van der Waals surface area contributed by atoms with Gasteiger partial charge in [0.05, 0.1) is 6.54 Å². The number of carbonyl (C=O) groups excluding carboxylic acids is 2. The van der Waals surface area contributed by atoms with Crippen molar-refractivity contribution < 1.29 is 18.7 Å². The number of halogens is 1. The van der Waals surface area contributed by atoms with Crippen molar-refractivity contribution in [3.8, 4) is 11.1 Å². The van der Waals surface area contributed by atoms with Gasteiger partial charge in [-0.3, -0.25) is 9.69 Å². The smallest absolute Gasteiger partial charge is 0.410 e. The van der Waals surface area contributed by atoms with Crippen LogP contribution in [0.5, 0.6) is 0 Å². The van der Waals surface area contributed by atoms with Gasteiger partial charge in [0.2, 0.25) is 5.91 Å². The van der Waals surface area contributed by atoms with Gasteiger partial charge in [-0.1, -0.05) is 48.5 Å². The minimum atomic E-state index is -1.21. The first kappa shape index (κ1) is 20.4. The summed E-state index contributed by atoms with van der Waals surface area (Å²) in [5.74, 6) is -0.282. The van der Waals surface area contributed by atoms with E-state index in [2.05, 4.69) is 12.1 Å². The fourth-order valence-electron chi connectivity index (χ4n) is 4.64. The van der Waals surface area contributed by atoms with Gasteiger partial charge in [-0.2, -0.15) is 0 Å². The van der Waals surface area contributed by atoms with Crippen LogP contribution < -0.4 is 0 Å². The molecule has 2 aliphatic rings. The number of amides is 2. The normalized spacial score (nSPS) is 20.0. The maximum Gasteiger partial charge on any atom is 0.410 e. The Morgan fingerprint density at radius 1 is 1.03 bits per heavy atom. The van der Waals surface area contributed by atoms with Gasteiger partial charge in [0.25, 0.3) is 0 Å². The number of likely N-dealkylation sites (tertiary alicyclic amines) is 1. The first-order valence-electron chi connectivity index (χ1n) is 10.6. The van der Waals surface area contributed by atoms with Crippen LogP contribution in [0, 0.1) is 0 Å². The summed E-state index contributed by atoms with van der Waals surface area (Å²) in [6.45, 7) is 4.87. The van der Waals surface area contributed by atoms with Crippen LogP contribution >= 0.6 is 0 Å². The lowest BCUT2D eigenvalue weighted by Crippen LogP contribution is -2.48. The Morgan fingerprint density at radius 3 is 2.17 bits per heavy atom. The Morgan fingerprint density at radius 2 is 1.60 bits per heavy atom. The highest BCUT2D eigenvalue weighted by Crippen LogP contribution is 2.44. The molecule has 0 saturated carbocycles. The number of ether oxygens (including phenoxy) is 1. The molecule has 1 aliphatic heterocycles. The molecular formula is C24H27FN2O3. The van der Waals surface area contributed by atoms with Gasteiger partial charge < -0.3 is 9.64 Å². The van der Waals surface area contributed by atoms with E-state index in [1.54, 1.807) is 4.90 Å². The Balaban J connectivity index is 1.50. The second-order valence-electron chi connectivity index (χ2n) is 7.82. The summed E-state index contributed by atoms with van der Waals surface area (Å²) >= 11 is 0. The largest absolute Gasteiger partial charge is 0.448 e. The number of nitrogens with zero attached hydrogens (tertiary/aromatic N) is 2. The third-order valence-electron chi connectivity index (χ3n) is 6.18. The van der Waals surface area contributed by atoms with Crippen LogP contribution in [-0.4, -0.2) is 60.3 Å². The number of hydrogen-bond donors (Lipinski definition) is 0. The van der Waals surface area contributed by atoms with E-state index >= 15 is 0 Å². The van der Waals surface area contributed by atoms with E-state index < -0.39 is 18.3 Å². The van der Waals surface area contributed by atoms with Gasteiger partial charge in [0.1, 0.15) is 18.8 Å². The molecule has 2 amide bonds. The van der Waals surface area contributed by atoms with Crippen LogP contribution in [0.3, 0.4) is 0 Å². The Bertz CT molecular complexity index is 898. The molecule has 0 spiro atoms. The summed E-state index contributed by atoms with van der Waals surface area (Å²) in [5.41, 5.74) is 4.53. The zero-order chi connectivity index (χ0) is 21.3. The topological polar surface area (TPSA) is 49.9 Å². The zero-order valence-corrected chi connectivity index (χ0v) is 17.4. The lowest BCUT2D eigenvalue weighted by atomic mass is 9.98.